The number of halogens is 1. The molecule has 2 amide bonds. The van der Waals surface area contributed by atoms with E-state index in [2.05, 4.69) is 26.3 Å². The number of nitrogens with one attached hydrogen (secondary N) is 1. The van der Waals surface area contributed by atoms with Crippen LogP contribution >= 0.6 is 15.9 Å². The van der Waals surface area contributed by atoms with Crippen molar-refractivity contribution in [3.63, 3.8) is 0 Å². The van der Waals surface area contributed by atoms with Crippen LogP contribution in [0.25, 0.3) is 0 Å². The molecule has 3 rings (SSSR count). The maximum absolute atomic E-state index is 12.4. The molecule has 2 aromatic heterocycles. The largest absolute Gasteiger partial charge is 0.486 e. The second kappa shape index (κ2) is 8.09. The molecule has 0 spiro atoms. The number of furan rings is 1. The molecule has 0 saturated carbocycles. The number of anilines is 1. The van der Waals surface area contributed by atoms with Crippen LogP contribution in [0, 0.1) is 0 Å². The van der Waals surface area contributed by atoms with E-state index >= 15 is 0 Å². The van der Waals surface area contributed by atoms with Crippen LogP contribution in [0.3, 0.4) is 0 Å². The molecule has 0 aliphatic carbocycles. The second-order valence-corrected chi connectivity index (χ2v) is 6.49. The van der Waals surface area contributed by atoms with Crippen molar-refractivity contribution < 1.29 is 18.7 Å². The molecule has 0 aliphatic heterocycles. The van der Waals surface area contributed by atoms with Gasteiger partial charge in [0, 0.05) is 17.2 Å². The number of amides is 2. The van der Waals surface area contributed by atoms with Gasteiger partial charge in [0.25, 0.3) is 11.8 Å². The minimum Gasteiger partial charge on any atom is -0.486 e. The normalized spacial score (nSPS) is 10.6. The average Bonchev–Trinajstić information content (AvgIpc) is 3.28. The molecule has 0 atom stereocenters. The van der Waals surface area contributed by atoms with E-state index in [4.69, 9.17) is 14.9 Å². The molecule has 2 heterocycles. The van der Waals surface area contributed by atoms with Gasteiger partial charge in [-0.05, 0) is 43.3 Å². The number of ether oxygens (including phenoxy) is 1. The van der Waals surface area contributed by atoms with Crippen LogP contribution in [0.5, 0.6) is 5.75 Å². The fourth-order valence-electron chi connectivity index (χ4n) is 2.30. The summed E-state index contributed by atoms with van der Waals surface area (Å²) in [6.07, 6.45) is 1.54. The van der Waals surface area contributed by atoms with Gasteiger partial charge in [0.2, 0.25) is 0 Å². The molecular weight excluding hydrogens is 416 g/mol. The third kappa shape index (κ3) is 4.56. The Morgan fingerprint density at radius 1 is 1.26 bits per heavy atom. The van der Waals surface area contributed by atoms with E-state index in [0.29, 0.717) is 18.1 Å². The highest BCUT2D eigenvalue weighted by Crippen LogP contribution is 2.19. The van der Waals surface area contributed by atoms with Crippen LogP contribution in [0.15, 0.2) is 51.5 Å². The number of hydrogen-bond acceptors (Lipinski definition) is 5. The van der Waals surface area contributed by atoms with Gasteiger partial charge in [0.05, 0.1) is 5.69 Å². The van der Waals surface area contributed by atoms with E-state index in [9.17, 15) is 9.59 Å². The number of carbonyl (C=O) groups excluding carboxylic acids is 2. The van der Waals surface area contributed by atoms with Gasteiger partial charge >= 0.3 is 0 Å². The number of aryl methyl sites for hydroxylation is 1. The van der Waals surface area contributed by atoms with Gasteiger partial charge in [-0.1, -0.05) is 15.9 Å². The van der Waals surface area contributed by atoms with Crippen LogP contribution in [0.1, 0.15) is 33.7 Å². The standard InChI is InChI=1S/C18H17BrN4O4/c1-2-23-9-14(16(22-23)17(20)24)21-18(25)15-8-7-13(27-15)10-26-12-5-3-11(19)4-6-12/h3-9H,2,10H2,1H3,(H2,20,24)(H,21,25). The van der Waals surface area contributed by atoms with Gasteiger partial charge in [-0.3, -0.25) is 14.3 Å². The Bertz CT molecular complexity index is 962. The second-order valence-electron chi connectivity index (χ2n) is 5.57. The Labute approximate surface area is 163 Å². The van der Waals surface area contributed by atoms with Crippen molar-refractivity contribution in [2.75, 3.05) is 5.32 Å². The van der Waals surface area contributed by atoms with Crippen LogP contribution in [-0.2, 0) is 13.2 Å². The van der Waals surface area contributed by atoms with Crippen molar-refractivity contribution >= 4 is 33.4 Å². The van der Waals surface area contributed by atoms with Crippen LogP contribution in [0.2, 0.25) is 0 Å². The first-order chi connectivity index (χ1) is 13.0. The minimum absolute atomic E-state index is 0.00412. The third-order valence-electron chi connectivity index (χ3n) is 3.65. The Balaban J connectivity index is 1.65. The molecule has 27 heavy (non-hydrogen) atoms. The van der Waals surface area contributed by atoms with E-state index in [0.717, 1.165) is 4.47 Å². The number of aromatic nitrogens is 2. The molecule has 0 radical (unpaired) electrons. The lowest BCUT2D eigenvalue weighted by atomic mass is 10.3. The summed E-state index contributed by atoms with van der Waals surface area (Å²) in [5.74, 6) is 0.0220. The van der Waals surface area contributed by atoms with Gasteiger partial charge in [0.1, 0.15) is 18.1 Å². The number of hydrogen-bond donors (Lipinski definition) is 2. The lowest BCUT2D eigenvalue weighted by Crippen LogP contribution is -2.17. The first-order valence-electron chi connectivity index (χ1n) is 8.12. The molecule has 0 aliphatic rings. The first kappa shape index (κ1) is 18.7. The zero-order valence-corrected chi connectivity index (χ0v) is 16.0. The number of carbonyl (C=O) groups is 2. The van der Waals surface area contributed by atoms with Crippen LogP contribution in [-0.4, -0.2) is 21.6 Å². The molecule has 0 unspecified atom stereocenters. The summed E-state index contributed by atoms with van der Waals surface area (Å²) in [6, 6.07) is 10.5. The number of nitrogens with zero attached hydrogens (tertiary/aromatic N) is 2. The zero-order chi connectivity index (χ0) is 19.4. The molecule has 1 aromatic carbocycles. The zero-order valence-electron chi connectivity index (χ0n) is 14.4. The Morgan fingerprint density at radius 2 is 2.00 bits per heavy atom. The van der Waals surface area contributed by atoms with E-state index in [1.807, 2.05) is 31.2 Å². The maximum Gasteiger partial charge on any atom is 0.291 e. The fourth-order valence-corrected chi connectivity index (χ4v) is 2.57. The van der Waals surface area contributed by atoms with Crippen molar-refractivity contribution in [2.24, 2.45) is 5.73 Å². The highest BCUT2D eigenvalue weighted by Gasteiger charge is 2.18. The molecular formula is C18H17BrN4O4. The third-order valence-corrected chi connectivity index (χ3v) is 4.18. The van der Waals surface area contributed by atoms with E-state index in [1.54, 1.807) is 12.3 Å². The SMILES string of the molecule is CCn1cc(NC(=O)c2ccc(COc3ccc(Br)cc3)o2)c(C(N)=O)n1. The number of primary amides is 1. The topological polar surface area (TPSA) is 112 Å². The highest BCUT2D eigenvalue weighted by atomic mass is 79.9. The molecule has 0 fully saturated rings. The van der Waals surface area contributed by atoms with Crippen LogP contribution < -0.4 is 15.8 Å². The predicted octanol–water partition coefficient (Wildman–Crippen LogP) is 3.19. The van der Waals surface area contributed by atoms with E-state index in [-0.39, 0.29) is 23.7 Å². The monoisotopic (exact) mass is 432 g/mol. The Hall–Kier alpha value is -3.07. The maximum atomic E-state index is 12.4. The fraction of sp³-hybridized carbons (Fsp3) is 0.167. The molecule has 0 bridgehead atoms. The summed E-state index contributed by atoms with van der Waals surface area (Å²) in [7, 11) is 0. The number of benzene rings is 1. The lowest BCUT2D eigenvalue weighted by Gasteiger charge is -2.04. The summed E-state index contributed by atoms with van der Waals surface area (Å²) in [4.78, 5) is 23.8. The van der Waals surface area contributed by atoms with Crippen molar-refractivity contribution in [1.29, 1.82) is 0 Å². The van der Waals surface area contributed by atoms with Gasteiger partial charge < -0.3 is 20.2 Å². The Morgan fingerprint density at radius 3 is 2.67 bits per heavy atom. The summed E-state index contributed by atoms with van der Waals surface area (Å²) < 4.78 is 13.6. The summed E-state index contributed by atoms with van der Waals surface area (Å²) in [5, 5.41) is 6.62. The van der Waals surface area contributed by atoms with Gasteiger partial charge in [-0.15, -0.1) is 0 Å². The quantitative estimate of drug-likeness (QED) is 0.595. The van der Waals surface area contributed by atoms with E-state index < -0.39 is 11.8 Å². The van der Waals surface area contributed by atoms with Crippen molar-refractivity contribution in [3.05, 3.63) is 64.3 Å². The first-order valence-corrected chi connectivity index (χ1v) is 8.91. The molecule has 9 heteroatoms. The van der Waals surface area contributed by atoms with Gasteiger partial charge in [-0.2, -0.15) is 5.10 Å². The lowest BCUT2D eigenvalue weighted by molar-refractivity contribution is 0.0992. The Kier molecular flexibility index (Phi) is 5.60. The van der Waals surface area contributed by atoms with Gasteiger partial charge in [0.15, 0.2) is 11.5 Å². The summed E-state index contributed by atoms with van der Waals surface area (Å²) in [5.41, 5.74) is 5.53. The summed E-state index contributed by atoms with van der Waals surface area (Å²) >= 11 is 3.35. The average molecular weight is 433 g/mol. The van der Waals surface area contributed by atoms with Gasteiger partial charge in [-0.25, -0.2) is 0 Å². The van der Waals surface area contributed by atoms with Crippen molar-refractivity contribution in [2.45, 2.75) is 20.1 Å². The van der Waals surface area contributed by atoms with Crippen molar-refractivity contribution in [1.82, 2.24) is 9.78 Å². The molecule has 8 nitrogen and oxygen atoms in total. The van der Waals surface area contributed by atoms with Crippen LogP contribution in [0.4, 0.5) is 5.69 Å². The molecule has 3 N–H and O–H groups in total. The van der Waals surface area contributed by atoms with E-state index in [1.165, 1.54) is 10.7 Å². The molecule has 3 aromatic rings. The highest BCUT2D eigenvalue weighted by molar-refractivity contribution is 9.10. The smallest absolute Gasteiger partial charge is 0.291 e. The molecule has 140 valence electrons. The number of rotatable bonds is 7. The number of nitrogens with two attached hydrogens (primary N) is 1. The van der Waals surface area contributed by atoms with Crippen molar-refractivity contribution in [3.8, 4) is 5.75 Å². The molecule has 0 saturated heterocycles. The minimum atomic E-state index is -0.722. The summed E-state index contributed by atoms with van der Waals surface area (Å²) in [6.45, 7) is 2.57. The predicted molar refractivity (Wildman–Crippen MR) is 102 cm³/mol.